The average molecular weight is 554 g/mol. The molecule has 11 heteroatoms. The van der Waals surface area contributed by atoms with Gasteiger partial charge in [-0.25, -0.2) is 17.5 Å². The number of benzene rings is 1. The van der Waals surface area contributed by atoms with Gasteiger partial charge in [0.1, 0.15) is 4.88 Å². The number of esters is 1. The number of sulfonamides is 1. The number of halogens is 2. The van der Waals surface area contributed by atoms with Gasteiger partial charge in [-0.2, -0.15) is 0 Å². The van der Waals surface area contributed by atoms with Crippen LogP contribution in [0.2, 0.25) is 0 Å². The molecule has 0 saturated heterocycles. The number of anilines is 1. The Bertz CT molecular complexity index is 999. The maximum Gasteiger partial charge on any atom is 0.349 e. The van der Waals surface area contributed by atoms with Crippen LogP contribution in [0.4, 0.5) is 5.69 Å². The molecule has 0 fully saturated rings. The first-order chi connectivity index (χ1) is 12.9. The largest absolute Gasteiger partial charge is 0.448 e. The van der Waals surface area contributed by atoms with Crippen LogP contribution in [0, 0.1) is 6.92 Å². The standard InChI is InChI=1S/C17H18Br2N2O5S2/c1-9-5-6-11(28(24,25)21(3)4)7-13(9)20-16(22)10(2)26-17(23)14-8-12(18)15(19)27-14/h5-8,10H,1-4H3,(H,20,22)/t10-/m1/s1. The van der Waals surface area contributed by atoms with E-state index in [1.165, 1.54) is 44.5 Å². The van der Waals surface area contributed by atoms with Crippen LogP contribution in [0.1, 0.15) is 22.2 Å². The van der Waals surface area contributed by atoms with Crippen molar-refractivity contribution in [1.29, 1.82) is 0 Å². The summed E-state index contributed by atoms with van der Waals surface area (Å²) in [6.07, 6.45) is -1.07. The minimum absolute atomic E-state index is 0.0522. The summed E-state index contributed by atoms with van der Waals surface area (Å²) in [5.74, 6) is -1.19. The molecule has 1 amide bonds. The zero-order valence-corrected chi connectivity index (χ0v) is 20.3. The minimum Gasteiger partial charge on any atom is -0.448 e. The molecule has 7 nitrogen and oxygen atoms in total. The van der Waals surface area contributed by atoms with Crippen LogP contribution >= 0.6 is 43.2 Å². The van der Waals surface area contributed by atoms with Crippen LogP contribution in [0.3, 0.4) is 0 Å². The topological polar surface area (TPSA) is 92.8 Å². The smallest absolute Gasteiger partial charge is 0.349 e. The summed E-state index contributed by atoms with van der Waals surface area (Å²) >= 11 is 7.77. The lowest BCUT2D eigenvalue weighted by Gasteiger charge is -2.16. The Morgan fingerprint density at radius 2 is 1.86 bits per heavy atom. The molecule has 28 heavy (non-hydrogen) atoms. The molecular formula is C17H18Br2N2O5S2. The third-order valence-electron chi connectivity index (χ3n) is 3.74. The van der Waals surface area contributed by atoms with Gasteiger partial charge in [0, 0.05) is 24.3 Å². The third-order valence-corrected chi connectivity index (χ3v) is 8.79. The van der Waals surface area contributed by atoms with Gasteiger partial charge in [0.15, 0.2) is 6.10 Å². The number of amides is 1. The van der Waals surface area contributed by atoms with E-state index >= 15 is 0 Å². The summed E-state index contributed by atoms with van der Waals surface area (Å²) in [5, 5.41) is 2.62. The first-order valence-corrected chi connectivity index (χ1v) is 11.8. The van der Waals surface area contributed by atoms with Gasteiger partial charge in [-0.15, -0.1) is 11.3 Å². The van der Waals surface area contributed by atoms with Crippen LogP contribution < -0.4 is 5.32 Å². The van der Waals surface area contributed by atoms with Crippen LogP contribution in [-0.4, -0.2) is 44.8 Å². The lowest BCUT2D eigenvalue weighted by Crippen LogP contribution is -2.30. The molecule has 0 saturated carbocycles. The molecule has 0 aliphatic heterocycles. The number of nitrogens with zero attached hydrogens (tertiary/aromatic N) is 1. The molecule has 2 aromatic rings. The van der Waals surface area contributed by atoms with Gasteiger partial charge in [0.2, 0.25) is 10.0 Å². The highest BCUT2D eigenvalue weighted by atomic mass is 79.9. The number of carbonyl (C=O) groups is 2. The van der Waals surface area contributed by atoms with Crippen molar-refractivity contribution in [2.75, 3.05) is 19.4 Å². The van der Waals surface area contributed by atoms with E-state index in [4.69, 9.17) is 4.74 Å². The molecule has 1 aromatic carbocycles. The predicted octanol–water partition coefficient (Wildman–Crippen LogP) is 4.02. The molecule has 1 heterocycles. The highest BCUT2D eigenvalue weighted by Gasteiger charge is 2.23. The number of hydrogen-bond acceptors (Lipinski definition) is 6. The van der Waals surface area contributed by atoms with Crippen molar-refractivity contribution >= 4 is 70.8 Å². The number of carbonyl (C=O) groups excluding carboxylic acids is 2. The minimum atomic E-state index is -3.64. The van der Waals surface area contributed by atoms with Gasteiger partial charge in [0.25, 0.3) is 5.91 Å². The Labute approximate surface area is 184 Å². The Balaban J connectivity index is 2.14. The zero-order valence-electron chi connectivity index (χ0n) is 15.4. The molecule has 0 unspecified atom stereocenters. The third kappa shape index (κ3) is 5.20. The van der Waals surface area contributed by atoms with Gasteiger partial charge >= 0.3 is 5.97 Å². The van der Waals surface area contributed by atoms with E-state index in [0.29, 0.717) is 16.1 Å². The molecule has 1 atom stereocenters. The Morgan fingerprint density at radius 3 is 2.39 bits per heavy atom. The fourth-order valence-electron chi connectivity index (χ4n) is 2.06. The maximum absolute atomic E-state index is 12.4. The van der Waals surface area contributed by atoms with Crippen molar-refractivity contribution in [2.24, 2.45) is 0 Å². The highest BCUT2D eigenvalue weighted by Crippen LogP contribution is 2.33. The molecule has 0 spiro atoms. The summed E-state index contributed by atoms with van der Waals surface area (Å²) < 4.78 is 32.3. The molecular weight excluding hydrogens is 536 g/mol. The van der Waals surface area contributed by atoms with E-state index in [-0.39, 0.29) is 4.90 Å². The Kier molecular flexibility index (Phi) is 7.43. The first-order valence-electron chi connectivity index (χ1n) is 7.93. The van der Waals surface area contributed by atoms with Crippen molar-refractivity contribution in [2.45, 2.75) is 24.8 Å². The average Bonchev–Trinajstić information content (AvgIpc) is 2.95. The number of thiophene rings is 1. The van der Waals surface area contributed by atoms with E-state index in [1.807, 2.05) is 0 Å². The molecule has 0 radical (unpaired) electrons. The summed E-state index contributed by atoms with van der Waals surface area (Å²) in [4.78, 5) is 25.0. The van der Waals surface area contributed by atoms with Gasteiger partial charge in [-0.3, -0.25) is 4.79 Å². The van der Waals surface area contributed by atoms with E-state index in [1.54, 1.807) is 19.1 Å². The van der Waals surface area contributed by atoms with E-state index in [9.17, 15) is 18.0 Å². The molecule has 2 rings (SSSR count). The number of ether oxygens (including phenoxy) is 1. The van der Waals surface area contributed by atoms with Crippen LogP contribution in [0.5, 0.6) is 0 Å². The maximum atomic E-state index is 12.4. The number of rotatable bonds is 6. The molecule has 1 N–H and O–H groups in total. The van der Waals surface area contributed by atoms with Crippen molar-refractivity contribution in [3.05, 3.63) is 43.0 Å². The molecule has 0 aliphatic carbocycles. The van der Waals surface area contributed by atoms with Crippen LogP contribution in [0.15, 0.2) is 37.4 Å². The monoisotopic (exact) mass is 552 g/mol. The second kappa shape index (κ2) is 9.04. The summed E-state index contributed by atoms with van der Waals surface area (Å²) in [5.41, 5.74) is 1.01. The fourth-order valence-corrected chi connectivity index (χ4v) is 4.91. The second-order valence-electron chi connectivity index (χ2n) is 6.03. The summed E-state index contributed by atoms with van der Waals surface area (Å²) in [7, 11) is -0.786. The molecule has 0 aliphatic rings. The highest BCUT2D eigenvalue weighted by molar-refractivity contribution is 9.13. The van der Waals surface area contributed by atoms with E-state index < -0.39 is 28.0 Å². The first kappa shape index (κ1) is 23.0. The van der Waals surface area contributed by atoms with Gasteiger partial charge in [-0.05, 0) is 69.5 Å². The fraction of sp³-hybridized carbons (Fsp3) is 0.294. The number of nitrogens with one attached hydrogen (secondary N) is 1. The van der Waals surface area contributed by atoms with Gasteiger partial charge in [0.05, 0.1) is 8.68 Å². The van der Waals surface area contributed by atoms with Crippen LogP contribution in [0.25, 0.3) is 0 Å². The van der Waals surface area contributed by atoms with Crippen molar-refractivity contribution in [3.63, 3.8) is 0 Å². The summed E-state index contributed by atoms with van der Waals surface area (Å²) in [6.45, 7) is 3.18. The lowest BCUT2D eigenvalue weighted by molar-refractivity contribution is -0.123. The van der Waals surface area contributed by atoms with Gasteiger partial charge in [-0.1, -0.05) is 6.07 Å². The Morgan fingerprint density at radius 1 is 1.21 bits per heavy atom. The normalized spacial score (nSPS) is 12.7. The zero-order chi connectivity index (χ0) is 21.2. The second-order valence-corrected chi connectivity index (χ2v) is 11.4. The predicted molar refractivity (Wildman–Crippen MR) is 115 cm³/mol. The van der Waals surface area contributed by atoms with E-state index in [0.717, 1.165) is 12.6 Å². The van der Waals surface area contributed by atoms with Crippen LogP contribution in [-0.2, 0) is 19.6 Å². The Hall–Kier alpha value is -1.27. The SMILES string of the molecule is Cc1ccc(S(=O)(=O)N(C)C)cc1NC(=O)[C@@H](C)OC(=O)c1cc(Br)c(Br)s1. The van der Waals surface area contributed by atoms with Crippen molar-refractivity contribution < 1.29 is 22.7 Å². The molecule has 0 bridgehead atoms. The van der Waals surface area contributed by atoms with Gasteiger partial charge < -0.3 is 10.1 Å². The number of hydrogen-bond donors (Lipinski definition) is 1. The molecule has 152 valence electrons. The quantitative estimate of drug-likeness (QED) is 0.545. The number of aryl methyl sites for hydroxylation is 1. The van der Waals surface area contributed by atoms with Crippen molar-refractivity contribution in [3.8, 4) is 0 Å². The van der Waals surface area contributed by atoms with E-state index in [2.05, 4.69) is 37.2 Å². The lowest BCUT2D eigenvalue weighted by atomic mass is 10.2. The summed E-state index contributed by atoms with van der Waals surface area (Å²) in [6, 6.07) is 6.05. The molecule has 1 aromatic heterocycles. The van der Waals surface area contributed by atoms with Crippen molar-refractivity contribution in [1.82, 2.24) is 4.31 Å².